The number of esters is 4. The van der Waals surface area contributed by atoms with Crippen LogP contribution < -0.4 is 5.32 Å². The summed E-state index contributed by atoms with van der Waals surface area (Å²) in [5.74, 6) is 9.12. The van der Waals surface area contributed by atoms with E-state index in [4.69, 9.17) is 18.9 Å². The zero-order valence-corrected chi connectivity index (χ0v) is 57.6. The van der Waals surface area contributed by atoms with Crippen molar-refractivity contribution in [2.75, 3.05) is 72.4 Å². The molecular formula is C74H126N2O11. The van der Waals surface area contributed by atoms with Gasteiger partial charge in [0.2, 0.25) is 0 Å². The Balaban J connectivity index is 0.000000239. The average molecular weight is 1220 g/mol. The normalized spacial score (nSPS) is 33.7. The molecule has 0 aromatic carbocycles. The molecule has 0 aromatic rings. The van der Waals surface area contributed by atoms with E-state index in [2.05, 4.69) is 96.2 Å². The molecule has 8 aliphatic rings. The molecule has 8 aliphatic carbocycles. The number of nitrogens with one attached hydrogen (secondary N) is 1. The fraction of sp³-hybridized carbons (Fsp3) is 0.878. The molecule has 0 amide bonds. The Hall–Kier alpha value is -3.13. The lowest BCUT2D eigenvalue weighted by Gasteiger charge is -2.58. The third-order valence-electron chi connectivity index (χ3n) is 24.1. The van der Waals surface area contributed by atoms with Gasteiger partial charge in [0.1, 0.15) is 12.9 Å². The second kappa shape index (κ2) is 34.5. The highest BCUT2D eigenvalue weighted by Crippen LogP contribution is 2.69. The SMILES string of the molecule is CC(C)CCC[C@@H](C)[C@H]1CC[C@H]2[C@@H]3CC=C4C[C@@H](OCC=O)CC[C@]4(C)[C@H]3CC[C@]12C.CCOC(=O)CN(CCO[C@H]1CC[C@@]2(C)C(=CC[C@H]3[C@@H]4CC[C@H]([C@H](C)CCCC(C)C)[C@@]4(C)CC[C@@H]32)C1)CC(=O)OCC.CCOC(=O)CNCC(=O)OCC. The van der Waals surface area contributed by atoms with E-state index in [-0.39, 0.29) is 68.9 Å². The number of hydrogen-bond donors (Lipinski definition) is 1. The highest BCUT2D eigenvalue weighted by Gasteiger charge is 2.61. The van der Waals surface area contributed by atoms with Gasteiger partial charge in [-0.25, -0.2) is 0 Å². The van der Waals surface area contributed by atoms with Crippen molar-refractivity contribution >= 4 is 30.2 Å². The van der Waals surface area contributed by atoms with Gasteiger partial charge in [-0.1, -0.05) is 131 Å². The van der Waals surface area contributed by atoms with Gasteiger partial charge in [0, 0.05) is 6.54 Å². The van der Waals surface area contributed by atoms with Gasteiger partial charge in [0.15, 0.2) is 0 Å². The van der Waals surface area contributed by atoms with Crippen LogP contribution in [0, 0.1) is 92.7 Å². The number of fused-ring (bicyclic) bond motifs is 10. The second-order valence-electron chi connectivity index (χ2n) is 30.2. The maximum atomic E-state index is 12.1. The Morgan fingerprint density at radius 3 is 1.36 bits per heavy atom. The van der Waals surface area contributed by atoms with Crippen molar-refractivity contribution in [3.8, 4) is 0 Å². The van der Waals surface area contributed by atoms with Gasteiger partial charge in [0.25, 0.3) is 0 Å². The molecule has 87 heavy (non-hydrogen) atoms. The summed E-state index contributed by atoms with van der Waals surface area (Å²) in [6.45, 7) is 35.0. The molecule has 0 bridgehead atoms. The first-order valence-electron chi connectivity index (χ1n) is 35.6. The Labute approximate surface area is 529 Å². The van der Waals surface area contributed by atoms with E-state index in [1.807, 2.05) is 0 Å². The van der Waals surface area contributed by atoms with E-state index in [0.717, 1.165) is 103 Å². The number of nitrogens with zero attached hydrogens (tertiary/aromatic N) is 1. The first-order valence-corrected chi connectivity index (χ1v) is 35.6. The summed E-state index contributed by atoms with van der Waals surface area (Å²) in [5, 5.41) is 2.61. The minimum absolute atomic E-state index is 0.0344. The number of ether oxygens (including phenoxy) is 6. The molecule has 0 unspecified atom stereocenters. The Bertz CT molecular complexity index is 2190. The number of carbonyl (C=O) groups is 5. The molecule has 0 heterocycles. The fourth-order valence-corrected chi connectivity index (χ4v) is 19.8. The highest BCUT2D eigenvalue weighted by atomic mass is 16.5. The Morgan fingerprint density at radius 1 is 0.540 bits per heavy atom. The maximum absolute atomic E-state index is 12.1. The lowest BCUT2D eigenvalue weighted by Crippen LogP contribution is -2.51. The van der Waals surface area contributed by atoms with E-state index in [0.29, 0.717) is 61.2 Å². The summed E-state index contributed by atoms with van der Waals surface area (Å²) in [6, 6.07) is 0. The van der Waals surface area contributed by atoms with Crippen LogP contribution in [0.15, 0.2) is 23.3 Å². The molecule has 8 rings (SSSR count). The number of hydrogen-bond acceptors (Lipinski definition) is 13. The van der Waals surface area contributed by atoms with E-state index in [1.165, 1.54) is 116 Å². The highest BCUT2D eigenvalue weighted by molar-refractivity contribution is 5.75. The summed E-state index contributed by atoms with van der Waals surface area (Å²) in [4.78, 5) is 58.2. The van der Waals surface area contributed by atoms with Crippen LogP contribution in [0.4, 0.5) is 0 Å². The van der Waals surface area contributed by atoms with Crippen LogP contribution in [-0.4, -0.2) is 120 Å². The molecule has 13 nitrogen and oxygen atoms in total. The third-order valence-corrected chi connectivity index (χ3v) is 24.1. The summed E-state index contributed by atoms with van der Waals surface area (Å²) < 4.78 is 31.7. The predicted octanol–water partition coefficient (Wildman–Crippen LogP) is 15.2. The molecule has 6 fully saturated rings. The maximum Gasteiger partial charge on any atom is 0.320 e. The molecule has 6 saturated carbocycles. The lowest BCUT2D eigenvalue weighted by atomic mass is 9.47. The van der Waals surface area contributed by atoms with Gasteiger partial charge >= 0.3 is 23.9 Å². The standard InChI is InChI=1S/C37H63NO5.C29H48O2.C8H15NO4/c1-8-41-34(39)24-38(25-35(40)42-9-2)21-22-43-29-17-19-36(6)28(23-29)13-14-30-32-16-15-31(27(5)12-10-11-26(3)4)37(32,7)20-18-33(30)36;1-20(2)7-6-8-21(3)25-11-12-26-24-10-9-22-19-23(31-18-17-30)13-15-28(22,4)27(24)14-16-29(25,26)5;1-3-12-7(10)5-9-6-8(11)13-4-2/h13,26-27,29-33H,8-12,14-25H2,1-7H3;9,17,20-21,23-27H,6-8,10-16,18-19H2,1-5H3;9H,3-6H2,1-2H3/t27-,29+,30+,31-,32+,33+,36+,37-;21-,23+,24+,25-,26+,27+,28+,29-;/m11./s1. The van der Waals surface area contributed by atoms with Gasteiger partial charge in [-0.05, 0) is 223 Å². The number of rotatable bonds is 29. The van der Waals surface area contributed by atoms with Crippen LogP contribution in [-0.2, 0) is 52.4 Å². The van der Waals surface area contributed by atoms with Crippen molar-refractivity contribution in [2.45, 2.75) is 250 Å². The molecule has 498 valence electrons. The van der Waals surface area contributed by atoms with Gasteiger partial charge < -0.3 is 33.2 Å². The number of carbonyl (C=O) groups excluding carboxylic acids is 5. The van der Waals surface area contributed by atoms with Crippen molar-refractivity contribution < 1.29 is 52.4 Å². The van der Waals surface area contributed by atoms with Crippen LogP contribution in [0.2, 0.25) is 0 Å². The van der Waals surface area contributed by atoms with E-state index < -0.39 is 0 Å². The smallest absolute Gasteiger partial charge is 0.320 e. The van der Waals surface area contributed by atoms with Crippen LogP contribution in [0.1, 0.15) is 238 Å². The van der Waals surface area contributed by atoms with Crippen molar-refractivity contribution in [1.82, 2.24) is 10.2 Å². The molecule has 1 N–H and O–H groups in total. The first kappa shape index (κ1) is 72.9. The van der Waals surface area contributed by atoms with Crippen molar-refractivity contribution in [3.05, 3.63) is 23.3 Å². The molecule has 0 aromatic heterocycles. The first-order chi connectivity index (χ1) is 41.5. The second-order valence-corrected chi connectivity index (χ2v) is 30.2. The average Bonchev–Trinajstić information content (AvgIpc) is 1.73. The van der Waals surface area contributed by atoms with Gasteiger partial charge in [-0.15, -0.1) is 0 Å². The Kier molecular flexibility index (Phi) is 28.9. The van der Waals surface area contributed by atoms with E-state index in [9.17, 15) is 24.0 Å². The minimum Gasteiger partial charge on any atom is -0.465 e. The largest absolute Gasteiger partial charge is 0.465 e. The minimum atomic E-state index is -0.369. The summed E-state index contributed by atoms with van der Waals surface area (Å²) in [7, 11) is 0. The van der Waals surface area contributed by atoms with E-state index >= 15 is 0 Å². The molecule has 13 heteroatoms. The van der Waals surface area contributed by atoms with Crippen molar-refractivity contribution in [1.29, 1.82) is 0 Å². The zero-order chi connectivity index (χ0) is 63.5. The quantitative estimate of drug-likeness (QED) is 0.0327. The van der Waals surface area contributed by atoms with Crippen LogP contribution in [0.3, 0.4) is 0 Å². The summed E-state index contributed by atoms with van der Waals surface area (Å²) >= 11 is 0. The third kappa shape index (κ3) is 19.0. The monoisotopic (exact) mass is 1220 g/mol. The Morgan fingerprint density at radius 2 is 0.954 bits per heavy atom. The summed E-state index contributed by atoms with van der Waals surface area (Å²) in [6.07, 6.45) is 35.9. The summed E-state index contributed by atoms with van der Waals surface area (Å²) in [5.41, 5.74) is 5.09. The van der Waals surface area contributed by atoms with Gasteiger partial charge in [-0.2, -0.15) is 0 Å². The number of aldehydes is 1. The number of allylic oxidation sites excluding steroid dienone is 2. The van der Waals surface area contributed by atoms with E-state index in [1.54, 1.807) is 43.7 Å². The zero-order valence-electron chi connectivity index (χ0n) is 57.6. The molecular weight excluding hydrogens is 1090 g/mol. The molecule has 16 atom stereocenters. The molecule has 0 spiro atoms. The molecule has 0 saturated heterocycles. The van der Waals surface area contributed by atoms with Crippen LogP contribution in [0.5, 0.6) is 0 Å². The van der Waals surface area contributed by atoms with Crippen LogP contribution >= 0.6 is 0 Å². The van der Waals surface area contributed by atoms with Crippen molar-refractivity contribution in [2.24, 2.45) is 92.7 Å². The topological polar surface area (TPSA) is 156 Å². The van der Waals surface area contributed by atoms with Gasteiger partial charge in [-0.3, -0.25) is 29.4 Å². The molecule has 0 radical (unpaired) electrons. The van der Waals surface area contributed by atoms with Crippen molar-refractivity contribution in [3.63, 3.8) is 0 Å². The van der Waals surface area contributed by atoms with Gasteiger partial charge in [0.05, 0.1) is 71.4 Å². The molecule has 0 aliphatic heterocycles. The predicted molar refractivity (Wildman–Crippen MR) is 347 cm³/mol. The lowest BCUT2D eigenvalue weighted by molar-refractivity contribution is -0.149. The van der Waals surface area contributed by atoms with Crippen LogP contribution in [0.25, 0.3) is 0 Å². The fourth-order valence-electron chi connectivity index (χ4n) is 19.8.